The monoisotopic (exact) mass is 162 g/mol. The second kappa shape index (κ2) is 3.39. The molecule has 0 aliphatic heterocycles. The Bertz CT molecular complexity index is 130. The van der Waals surface area contributed by atoms with E-state index in [0.29, 0.717) is 6.42 Å². The van der Waals surface area contributed by atoms with Gasteiger partial charge in [-0.1, -0.05) is 13.8 Å². The minimum absolute atomic E-state index is 0.157. The molecule has 0 radical (unpaired) electrons. The molecule has 0 heterocycles. The molecule has 3 heteroatoms. The maximum absolute atomic E-state index is 11.0. The minimum Gasteiger partial charge on any atom is -0.381 e. The van der Waals surface area contributed by atoms with E-state index in [1.54, 1.807) is 13.8 Å². The zero-order valence-corrected chi connectivity index (χ0v) is 7.48. The Morgan fingerprint density at radius 3 is 2.30 bits per heavy atom. The quantitative estimate of drug-likeness (QED) is 0.608. The summed E-state index contributed by atoms with van der Waals surface area (Å²) in [6, 6.07) is 0. The molecule has 0 amide bonds. The number of aliphatic hydroxyl groups is 1. The van der Waals surface area contributed by atoms with Gasteiger partial charge in [-0.3, -0.25) is 4.79 Å². The van der Waals surface area contributed by atoms with E-state index in [0.717, 1.165) is 0 Å². The normalized spacial score (nSPS) is 19.7. The number of Topliss-reactive ketones (excluding diaryl/α,β-unsaturated/α-hetero) is 1. The topological polar surface area (TPSA) is 37.3 Å². The predicted molar refractivity (Wildman–Crippen MR) is 44.4 cm³/mol. The van der Waals surface area contributed by atoms with Crippen LogP contribution in [-0.2, 0) is 4.79 Å². The average Bonchev–Trinajstić information content (AvgIpc) is 1.86. The van der Waals surface area contributed by atoms with Crippen molar-refractivity contribution in [1.82, 2.24) is 0 Å². The second-order valence-electron chi connectivity index (χ2n) is 2.60. The molecule has 0 saturated carbocycles. The Balaban J connectivity index is 4.24. The Kier molecular flexibility index (Phi) is 3.39. The molecule has 0 aliphatic carbocycles. The molecule has 10 heavy (non-hydrogen) atoms. The summed E-state index contributed by atoms with van der Waals surface area (Å²) >= 11 is 4.00. The van der Waals surface area contributed by atoms with E-state index in [1.807, 2.05) is 0 Å². The maximum atomic E-state index is 11.0. The van der Waals surface area contributed by atoms with Gasteiger partial charge in [-0.05, 0) is 6.92 Å². The van der Waals surface area contributed by atoms with Crippen LogP contribution in [0, 0.1) is 0 Å². The lowest BCUT2D eigenvalue weighted by atomic mass is 9.96. The number of rotatable bonds is 3. The first-order valence-corrected chi connectivity index (χ1v) is 3.88. The highest BCUT2D eigenvalue weighted by Gasteiger charge is 2.32. The van der Waals surface area contributed by atoms with Crippen LogP contribution in [0.2, 0.25) is 0 Å². The highest BCUT2D eigenvalue weighted by Crippen LogP contribution is 2.17. The molecule has 0 spiro atoms. The van der Waals surface area contributed by atoms with Crippen molar-refractivity contribution in [3.8, 4) is 0 Å². The lowest BCUT2D eigenvalue weighted by molar-refractivity contribution is -0.134. The van der Waals surface area contributed by atoms with E-state index in [4.69, 9.17) is 0 Å². The molecule has 2 atom stereocenters. The summed E-state index contributed by atoms with van der Waals surface area (Å²) in [7, 11) is 0. The van der Waals surface area contributed by atoms with Gasteiger partial charge in [-0.2, -0.15) is 12.6 Å². The number of ketones is 1. The summed E-state index contributed by atoms with van der Waals surface area (Å²) in [6.07, 6.45) is 0.359. The number of hydrogen-bond acceptors (Lipinski definition) is 3. The van der Waals surface area contributed by atoms with E-state index in [1.165, 1.54) is 6.92 Å². The predicted octanol–water partition coefficient (Wildman–Crippen LogP) is 1.03. The third-order valence-electron chi connectivity index (χ3n) is 1.70. The van der Waals surface area contributed by atoms with Gasteiger partial charge in [0.1, 0.15) is 5.60 Å². The van der Waals surface area contributed by atoms with Crippen LogP contribution in [0.3, 0.4) is 0 Å². The first kappa shape index (κ1) is 9.98. The van der Waals surface area contributed by atoms with Crippen LogP contribution in [0.1, 0.15) is 27.2 Å². The van der Waals surface area contributed by atoms with Crippen molar-refractivity contribution in [2.45, 2.75) is 38.0 Å². The highest BCUT2D eigenvalue weighted by atomic mass is 32.1. The van der Waals surface area contributed by atoms with Crippen molar-refractivity contribution < 1.29 is 9.90 Å². The van der Waals surface area contributed by atoms with E-state index >= 15 is 0 Å². The maximum Gasteiger partial charge on any atom is 0.164 e. The molecule has 0 aromatic carbocycles. The van der Waals surface area contributed by atoms with Crippen molar-refractivity contribution in [2.24, 2.45) is 0 Å². The molecular weight excluding hydrogens is 148 g/mol. The lowest BCUT2D eigenvalue weighted by Gasteiger charge is -2.24. The number of thiol groups is 1. The van der Waals surface area contributed by atoms with Crippen LogP contribution in [0.5, 0.6) is 0 Å². The Hall–Kier alpha value is -0.0200. The molecule has 0 saturated heterocycles. The Labute approximate surface area is 67.0 Å². The van der Waals surface area contributed by atoms with Crippen LogP contribution < -0.4 is 0 Å². The smallest absolute Gasteiger partial charge is 0.164 e. The summed E-state index contributed by atoms with van der Waals surface area (Å²) < 4.78 is 0. The molecule has 0 rings (SSSR count). The summed E-state index contributed by atoms with van der Waals surface area (Å²) in [5, 5.41) is 9.13. The summed E-state index contributed by atoms with van der Waals surface area (Å²) in [5.41, 5.74) is -1.27. The van der Waals surface area contributed by atoms with Crippen LogP contribution in [-0.4, -0.2) is 21.7 Å². The van der Waals surface area contributed by atoms with E-state index in [2.05, 4.69) is 12.6 Å². The number of carbonyl (C=O) groups excluding carboxylic acids is 1. The first-order valence-electron chi connectivity index (χ1n) is 3.36. The van der Waals surface area contributed by atoms with Crippen molar-refractivity contribution in [3.63, 3.8) is 0 Å². The molecule has 0 aromatic rings. The molecule has 0 fully saturated rings. The molecule has 2 nitrogen and oxygen atoms in total. The molecule has 2 unspecified atom stereocenters. The van der Waals surface area contributed by atoms with Gasteiger partial charge in [0.25, 0.3) is 0 Å². The fourth-order valence-corrected chi connectivity index (χ4v) is 0.735. The molecule has 0 bridgehead atoms. The largest absolute Gasteiger partial charge is 0.381 e. The average molecular weight is 162 g/mol. The number of hydrogen-bond donors (Lipinski definition) is 2. The van der Waals surface area contributed by atoms with Crippen LogP contribution >= 0.6 is 12.6 Å². The van der Waals surface area contributed by atoms with Gasteiger partial charge in [0.15, 0.2) is 5.78 Å². The van der Waals surface area contributed by atoms with Crippen LogP contribution in [0.25, 0.3) is 0 Å². The van der Waals surface area contributed by atoms with Gasteiger partial charge in [0.2, 0.25) is 0 Å². The van der Waals surface area contributed by atoms with Gasteiger partial charge >= 0.3 is 0 Å². The fourth-order valence-electron chi connectivity index (χ4n) is 0.591. The molecule has 1 N–H and O–H groups in total. The zero-order chi connectivity index (χ0) is 8.36. The van der Waals surface area contributed by atoms with Gasteiger partial charge in [-0.15, -0.1) is 0 Å². The molecule has 60 valence electrons. The zero-order valence-electron chi connectivity index (χ0n) is 6.59. The van der Waals surface area contributed by atoms with E-state index in [-0.39, 0.29) is 11.0 Å². The van der Waals surface area contributed by atoms with Crippen molar-refractivity contribution in [2.75, 3.05) is 0 Å². The lowest BCUT2D eigenvalue weighted by Crippen LogP contribution is -2.42. The van der Waals surface area contributed by atoms with Crippen LogP contribution in [0.15, 0.2) is 0 Å². The third kappa shape index (κ3) is 1.99. The van der Waals surface area contributed by atoms with Crippen molar-refractivity contribution >= 4 is 18.4 Å². The standard InChI is InChI=1S/C7H14O2S/c1-4-6(8)7(3,9)5(2)10/h5,9-10H,4H2,1-3H3. The van der Waals surface area contributed by atoms with Gasteiger partial charge in [0.05, 0.1) is 0 Å². The summed E-state index contributed by atoms with van der Waals surface area (Å²) in [6.45, 7) is 4.93. The minimum atomic E-state index is -1.27. The first-order chi connectivity index (χ1) is 4.42. The Morgan fingerprint density at radius 2 is 2.20 bits per heavy atom. The number of carbonyl (C=O) groups is 1. The fraction of sp³-hybridized carbons (Fsp3) is 0.857. The van der Waals surface area contributed by atoms with Gasteiger partial charge in [0, 0.05) is 11.7 Å². The van der Waals surface area contributed by atoms with E-state index in [9.17, 15) is 9.90 Å². The summed E-state index contributed by atoms with van der Waals surface area (Å²) in [4.78, 5) is 11.0. The molecule has 0 aromatic heterocycles. The molecule has 0 aliphatic rings. The SMILES string of the molecule is CCC(=O)C(C)(O)C(C)S. The van der Waals surface area contributed by atoms with Crippen molar-refractivity contribution in [3.05, 3.63) is 0 Å². The van der Waals surface area contributed by atoms with Crippen molar-refractivity contribution in [1.29, 1.82) is 0 Å². The van der Waals surface area contributed by atoms with Gasteiger partial charge in [-0.25, -0.2) is 0 Å². The van der Waals surface area contributed by atoms with Crippen LogP contribution in [0.4, 0.5) is 0 Å². The molecular formula is C7H14O2S. The van der Waals surface area contributed by atoms with E-state index < -0.39 is 5.60 Å². The second-order valence-corrected chi connectivity index (χ2v) is 3.37. The Morgan fingerprint density at radius 1 is 1.80 bits per heavy atom. The third-order valence-corrected chi connectivity index (χ3v) is 2.20. The summed E-state index contributed by atoms with van der Waals surface area (Å²) in [5.74, 6) is -0.157. The highest BCUT2D eigenvalue weighted by molar-refractivity contribution is 7.81. The van der Waals surface area contributed by atoms with Gasteiger partial charge < -0.3 is 5.11 Å².